The lowest BCUT2D eigenvalue weighted by molar-refractivity contribution is -0.116. The number of hydrogen-bond acceptors (Lipinski definition) is 8. The van der Waals surface area contributed by atoms with Crippen LogP contribution in [0.25, 0.3) is 26.1 Å². The van der Waals surface area contributed by atoms with E-state index in [9.17, 15) is 9.59 Å². The van der Waals surface area contributed by atoms with Gasteiger partial charge in [-0.15, -0.1) is 11.3 Å². The van der Waals surface area contributed by atoms with E-state index in [0.29, 0.717) is 33.9 Å². The Morgan fingerprint density at radius 2 is 2.06 bits per heavy atom. The minimum atomic E-state index is -0.233. The first-order chi connectivity index (χ1) is 17.6. The van der Waals surface area contributed by atoms with Crippen molar-refractivity contribution in [3.8, 4) is 0 Å². The lowest BCUT2D eigenvalue weighted by Gasteiger charge is -2.23. The van der Waals surface area contributed by atoms with Gasteiger partial charge < -0.3 is 20.4 Å². The molecule has 9 nitrogen and oxygen atoms in total. The number of aromatic nitrogens is 3. The summed E-state index contributed by atoms with van der Waals surface area (Å²) in [5.74, 6) is 0.498. The van der Waals surface area contributed by atoms with Crippen molar-refractivity contribution in [2.45, 2.75) is 38.1 Å². The highest BCUT2D eigenvalue weighted by molar-refractivity contribution is 7.24. The molecule has 2 saturated heterocycles. The highest BCUT2D eigenvalue weighted by Crippen LogP contribution is 2.33. The quantitative estimate of drug-likeness (QED) is 0.440. The van der Waals surface area contributed by atoms with Gasteiger partial charge in [0.15, 0.2) is 5.65 Å². The summed E-state index contributed by atoms with van der Waals surface area (Å²) in [6, 6.07) is 8.19. The second-order valence-electron chi connectivity index (χ2n) is 9.86. The number of fused-ring (bicyclic) bond motifs is 5. The topological polar surface area (TPSA) is 94.9 Å². The molecule has 188 valence electrons. The third-order valence-corrected chi connectivity index (χ3v) is 8.43. The summed E-state index contributed by atoms with van der Waals surface area (Å²) in [6.07, 6.45) is 6.26. The van der Waals surface area contributed by atoms with Crippen molar-refractivity contribution in [3.05, 3.63) is 40.7 Å². The van der Waals surface area contributed by atoms with Crippen molar-refractivity contribution in [3.63, 3.8) is 0 Å². The van der Waals surface area contributed by atoms with E-state index >= 15 is 0 Å². The van der Waals surface area contributed by atoms with Crippen molar-refractivity contribution in [2.75, 3.05) is 50.0 Å². The standard InChI is InChI=1S/C26H31N7O2S/c1-31-11-6-12-32(14-13-31)26-28-16-18-23(35)22(29-21(34)15-17-7-4-5-10-27-17)25-33(24(18)30-26)19-8-2-3-9-20(19)36-25/h2-3,8-9,16-17,27H,4-7,10-15H2,1H3,(H,29,34). The van der Waals surface area contributed by atoms with E-state index in [2.05, 4.69) is 32.5 Å². The van der Waals surface area contributed by atoms with E-state index in [1.54, 1.807) is 6.20 Å². The third-order valence-electron chi connectivity index (χ3n) is 7.28. The third kappa shape index (κ3) is 4.33. The van der Waals surface area contributed by atoms with E-state index in [-0.39, 0.29) is 17.4 Å². The van der Waals surface area contributed by atoms with Gasteiger partial charge in [-0.05, 0) is 51.5 Å². The number of pyridine rings is 1. The van der Waals surface area contributed by atoms with Crippen LogP contribution in [-0.2, 0) is 4.79 Å². The van der Waals surface area contributed by atoms with Gasteiger partial charge in [-0.3, -0.25) is 14.0 Å². The summed E-state index contributed by atoms with van der Waals surface area (Å²) >= 11 is 1.50. The zero-order chi connectivity index (χ0) is 24.6. The molecule has 1 unspecified atom stereocenters. The number of carbonyl (C=O) groups is 1. The van der Waals surface area contributed by atoms with Gasteiger partial charge in [-0.2, -0.15) is 4.98 Å². The van der Waals surface area contributed by atoms with Crippen LogP contribution < -0.4 is 21.0 Å². The van der Waals surface area contributed by atoms with Crippen molar-refractivity contribution in [1.82, 2.24) is 24.6 Å². The van der Waals surface area contributed by atoms with Gasteiger partial charge in [-0.1, -0.05) is 18.6 Å². The molecule has 1 atom stereocenters. The van der Waals surface area contributed by atoms with Gasteiger partial charge in [0, 0.05) is 38.3 Å². The van der Waals surface area contributed by atoms with Crippen LogP contribution in [0.5, 0.6) is 0 Å². The molecule has 1 amide bonds. The monoisotopic (exact) mass is 505 g/mol. The molecular weight excluding hydrogens is 474 g/mol. The number of carbonyl (C=O) groups excluding carboxylic acids is 1. The normalized spacial score (nSPS) is 19.7. The predicted molar refractivity (Wildman–Crippen MR) is 145 cm³/mol. The molecule has 10 heteroatoms. The minimum absolute atomic E-state index is 0.142. The van der Waals surface area contributed by atoms with Crippen molar-refractivity contribution in [2.24, 2.45) is 0 Å². The molecule has 2 N–H and O–H groups in total. The lowest BCUT2D eigenvalue weighted by Crippen LogP contribution is -2.37. The highest BCUT2D eigenvalue weighted by atomic mass is 32.1. The van der Waals surface area contributed by atoms with Crippen LogP contribution in [-0.4, -0.2) is 71.0 Å². The fourth-order valence-electron chi connectivity index (χ4n) is 5.31. The molecule has 5 heterocycles. The van der Waals surface area contributed by atoms with E-state index in [0.717, 1.165) is 68.6 Å². The van der Waals surface area contributed by atoms with Crippen molar-refractivity contribution >= 4 is 55.0 Å². The molecule has 4 aromatic rings. The molecule has 36 heavy (non-hydrogen) atoms. The number of rotatable bonds is 4. The number of thiazole rings is 1. The van der Waals surface area contributed by atoms with Crippen molar-refractivity contribution in [1.29, 1.82) is 0 Å². The first-order valence-corrected chi connectivity index (χ1v) is 13.6. The largest absolute Gasteiger partial charge is 0.339 e. The maximum Gasteiger partial charge on any atom is 0.227 e. The molecule has 0 bridgehead atoms. The Bertz CT molecular complexity index is 1490. The SMILES string of the molecule is CN1CCCN(c2ncc3c(=O)c(NC(=O)CC4CCCCN4)c4sc5ccccc5n4c3n2)CC1. The van der Waals surface area contributed by atoms with E-state index < -0.39 is 0 Å². The van der Waals surface area contributed by atoms with Crippen LogP contribution in [0.15, 0.2) is 35.3 Å². The first kappa shape index (κ1) is 23.3. The van der Waals surface area contributed by atoms with Crippen LogP contribution in [0.3, 0.4) is 0 Å². The molecule has 0 spiro atoms. The molecule has 0 saturated carbocycles. The number of amides is 1. The summed E-state index contributed by atoms with van der Waals surface area (Å²) < 4.78 is 3.05. The van der Waals surface area contributed by atoms with Crippen LogP contribution in [0.4, 0.5) is 11.6 Å². The molecule has 6 rings (SSSR count). The number of piperidine rings is 1. The van der Waals surface area contributed by atoms with Crippen molar-refractivity contribution < 1.29 is 4.79 Å². The Kier molecular flexibility index (Phi) is 6.32. The zero-order valence-corrected chi connectivity index (χ0v) is 21.3. The first-order valence-electron chi connectivity index (χ1n) is 12.8. The molecule has 0 radical (unpaired) electrons. The fraction of sp³-hybridized carbons (Fsp3) is 0.462. The Labute approximate surface area is 213 Å². The minimum Gasteiger partial charge on any atom is -0.339 e. The van der Waals surface area contributed by atoms with E-state index in [1.165, 1.54) is 11.3 Å². The summed E-state index contributed by atoms with van der Waals surface area (Å²) in [4.78, 5) is 41.5. The number of nitrogens with one attached hydrogen (secondary N) is 2. The molecule has 0 aliphatic carbocycles. The summed E-state index contributed by atoms with van der Waals surface area (Å²) in [7, 11) is 2.13. The van der Waals surface area contributed by atoms with E-state index in [1.807, 2.05) is 28.7 Å². The number of likely N-dealkylation sites (N-methyl/N-ethyl adjacent to an activating group) is 1. The molecule has 3 aromatic heterocycles. The number of anilines is 2. The lowest BCUT2D eigenvalue weighted by atomic mass is 10.0. The maximum atomic E-state index is 13.7. The number of para-hydroxylation sites is 1. The van der Waals surface area contributed by atoms with Gasteiger partial charge in [-0.25, -0.2) is 4.98 Å². The number of nitrogens with zero attached hydrogens (tertiary/aromatic N) is 5. The Balaban J connectivity index is 1.46. The molecule has 2 aliphatic heterocycles. The van der Waals surface area contributed by atoms with Gasteiger partial charge in [0.2, 0.25) is 17.3 Å². The fourth-order valence-corrected chi connectivity index (χ4v) is 6.45. The maximum absolute atomic E-state index is 13.7. The average Bonchev–Trinajstić information content (AvgIpc) is 3.15. The summed E-state index contributed by atoms with van der Waals surface area (Å²) in [5, 5.41) is 6.80. The Morgan fingerprint density at radius 1 is 1.17 bits per heavy atom. The highest BCUT2D eigenvalue weighted by Gasteiger charge is 2.23. The molecule has 2 aliphatic rings. The van der Waals surface area contributed by atoms with Crippen LogP contribution in [0.2, 0.25) is 0 Å². The predicted octanol–water partition coefficient (Wildman–Crippen LogP) is 3.07. The number of benzene rings is 1. The van der Waals surface area contributed by atoms with Gasteiger partial charge in [0.05, 0.1) is 15.6 Å². The Morgan fingerprint density at radius 3 is 2.92 bits per heavy atom. The van der Waals surface area contributed by atoms with E-state index in [4.69, 9.17) is 4.98 Å². The molecular formula is C26H31N7O2S. The number of hydrogen-bond donors (Lipinski definition) is 2. The summed E-state index contributed by atoms with van der Waals surface area (Å²) in [6.45, 7) is 4.64. The zero-order valence-electron chi connectivity index (χ0n) is 20.5. The Hall–Kier alpha value is -3.08. The van der Waals surface area contributed by atoms with Gasteiger partial charge in [0.25, 0.3) is 0 Å². The van der Waals surface area contributed by atoms with Gasteiger partial charge in [0.1, 0.15) is 10.5 Å². The molecule has 1 aromatic carbocycles. The summed E-state index contributed by atoms with van der Waals surface area (Å²) in [5.41, 5.74) is 1.63. The van der Waals surface area contributed by atoms with Gasteiger partial charge >= 0.3 is 0 Å². The van der Waals surface area contributed by atoms with Crippen LogP contribution in [0, 0.1) is 0 Å². The second kappa shape index (κ2) is 9.76. The smallest absolute Gasteiger partial charge is 0.227 e. The second-order valence-corrected chi connectivity index (χ2v) is 10.9. The average molecular weight is 506 g/mol. The van der Waals surface area contributed by atoms with Crippen LogP contribution in [0.1, 0.15) is 32.1 Å². The van der Waals surface area contributed by atoms with Crippen LogP contribution >= 0.6 is 11.3 Å². The molecule has 2 fully saturated rings.